The van der Waals surface area contributed by atoms with E-state index < -0.39 is 17.5 Å². The largest absolute Gasteiger partial charge is 0.504 e. The summed E-state index contributed by atoms with van der Waals surface area (Å²) in [6.45, 7) is 3.11. The Labute approximate surface area is 182 Å². The predicted molar refractivity (Wildman–Crippen MR) is 116 cm³/mol. The van der Waals surface area contributed by atoms with Crippen LogP contribution in [0.4, 0.5) is 11.4 Å². The van der Waals surface area contributed by atoms with E-state index in [-0.39, 0.29) is 11.3 Å². The Morgan fingerprint density at radius 2 is 1.84 bits per heavy atom. The van der Waals surface area contributed by atoms with E-state index in [1.54, 1.807) is 12.1 Å². The van der Waals surface area contributed by atoms with Gasteiger partial charge in [-0.25, -0.2) is 0 Å². The third kappa shape index (κ3) is 3.49. The highest BCUT2D eigenvalue weighted by molar-refractivity contribution is 6.38. The summed E-state index contributed by atoms with van der Waals surface area (Å²) in [6.07, 6.45) is 0. The number of fused-ring (bicyclic) bond motifs is 1. The summed E-state index contributed by atoms with van der Waals surface area (Å²) in [5.41, 5.74) is 3.68. The topological polar surface area (TPSA) is 108 Å². The molecule has 9 heteroatoms. The summed E-state index contributed by atoms with van der Waals surface area (Å²) in [4.78, 5) is 14.8. The number of aliphatic hydroxyl groups is 1. The molecule has 1 fully saturated rings. The summed E-state index contributed by atoms with van der Waals surface area (Å²) in [5, 5.41) is 26.5. The number of halogens is 1. The van der Waals surface area contributed by atoms with E-state index in [0.717, 1.165) is 36.0 Å². The highest BCUT2D eigenvalue weighted by Crippen LogP contribution is 2.42. The van der Waals surface area contributed by atoms with Crippen molar-refractivity contribution >= 4 is 40.2 Å². The minimum absolute atomic E-state index is 0.0222. The van der Waals surface area contributed by atoms with Gasteiger partial charge in [-0.2, -0.15) is 0 Å². The van der Waals surface area contributed by atoms with Crippen molar-refractivity contribution in [3.8, 4) is 17.0 Å². The molecule has 1 amide bonds. The second kappa shape index (κ2) is 7.64. The normalized spacial score (nSPS) is 17.5. The van der Waals surface area contributed by atoms with E-state index in [2.05, 4.69) is 15.4 Å². The Morgan fingerprint density at radius 1 is 1.10 bits per heavy atom. The van der Waals surface area contributed by atoms with Crippen molar-refractivity contribution in [3.63, 3.8) is 0 Å². The van der Waals surface area contributed by atoms with Gasteiger partial charge in [0.05, 0.1) is 35.6 Å². The van der Waals surface area contributed by atoms with E-state index in [9.17, 15) is 15.0 Å². The van der Waals surface area contributed by atoms with Crippen LogP contribution >= 0.6 is 11.6 Å². The van der Waals surface area contributed by atoms with Gasteiger partial charge >= 0.3 is 0 Å². The Bertz CT molecular complexity index is 1200. The molecule has 3 heterocycles. The molecule has 5 rings (SSSR count). The standard InChI is InChI=1S/C22H18ClN3O5/c23-16-10-17-15(20(22(29)24-17)21(28)18-11-19(27)25-31-18)9-14(16)12-1-3-13(4-2-12)26-5-7-30-8-6-26/h1-4,9-11,28H,5-8H2,(H,24,29)(H,25,27)/b21-20+. The summed E-state index contributed by atoms with van der Waals surface area (Å²) < 4.78 is 10.3. The molecule has 0 radical (unpaired) electrons. The van der Waals surface area contributed by atoms with Crippen LogP contribution in [0.2, 0.25) is 5.02 Å². The van der Waals surface area contributed by atoms with Crippen molar-refractivity contribution < 1.29 is 24.3 Å². The zero-order valence-electron chi connectivity index (χ0n) is 16.3. The first-order chi connectivity index (χ1) is 15.0. The fourth-order valence-corrected chi connectivity index (χ4v) is 4.09. The number of carbonyl (C=O) groups excluding carboxylic acids is 1. The molecule has 2 aliphatic heterocycles. The van der Waals surface area contributed by atoms with Crippen LogP contribution in [0.3, 0.4) is 0 Å². The van der Waals surface area contributed by atoms with Crippen molar-refractivity contribution in [1.29, 1.82) is 0 Å². The van der Waals surface area contributed by atoms with Crippen LogP contribution in [0.15, 0.2) is 47.0 Å². The fourth-order valence-electron chi connectivity index (χ4n) is 3.82. The monoisotopic (exact) mass is 439 g/mol. The van der Waals surface area contributed by atoms with Gasteiger partial charge in [0.2, 0.25) is 5.76 Å². The predicted octanol–water partition coefficient (Wildman–Crippen LogP) is 3.92. The Balaban J connectivity index is 1.54. The smallest absolute Gasteiger partial charge is 0.260 e. The molecular weight excluding hydrogens is 422 g/mol. The molecule has 31 heavy (non-hydrogen) atoms. The molecule has 2 aromatic carbocycles. The van der Waals surface area contributed by atoms with Crippen molar-refractivity contribution in [1.82, 2.24) is 5.16 Å². The number of carbonyl (C=O) groups is 1. The zero-order chi connectivity index (χ0) is 21.5. The molecule has 0 saturated carbocycles. The molecule has 2 aliphatic rings. The fraction of sp³-hybridized carbons (Fsp3) is 0.182. The maximum atomic E-state index is 12.5. The summed E-state index contributed by atoms with van der Waals surface area (Å²) in [6, 6.07) is 12.5. The van der Waals surface area contributed by atoms with E-state index in [4.69, 9.17) is 20.9 Å². The van der Waals surface area contributed by atoms with Crippen molar-refractivity contribution in [3.05, 3.63) is 58.8 Å². The van der Waals surface area contributed by atoms with Gasteiger partial charge in [-0.05, 0) is 35.0 Å². The number of aromatic hydroxyl groups is 1. The van der Waals surface area contributed by atoms with Crippen LogP contribution in [-0.2, 0) is 9.53 Å². The minimum Gasteiger partial charge on any atom is -0.504 e. The Hall–Kier alpha value is -3.49. The lowest BCUT2D eigenvalue weighted by atomic mass is 9.98. The van der Waals surface area contributed by atoms with Crippen LogP contribution in [0.1, 0.15) is 11.3 Å². The number of morpholine rings is 1. The second-order valence-electron chi connectivity index (χ2n) is 7.25. The van der Waals surface area contributed by atoms with Crippen molar-refractivity contribution in [2.75, 3.05) is 36.5 Å². The molecule has 0 unspecified atom stereocenters. The number of anilines is 2. The van der Waals surface area contributed by atoms with Crippen LogP contribution in [-0.4, -0.2) is 47.6 Å². The molecule has 3 aromatic rings. The van der Waals surface area contributed by atoms with Gasteiger partial charge < -0.3 is 29.7 Å². The van der Waals surface area contributed by atoms with Crippen molar-refractivity contribution in [2.24, 2.45) is 0 Å². The summed E-state index contributed by atoms with van der Waals surface area (Å²) >= 11 is 6.51. The van der Waals surface area contributed by atoms with E-state index in [0.29, 0.717) is 29.5 Å². The number of benzene rings is 2. The van der Waals surface area contributed by atoms with Crippen LogP contribution < -0.4 is 10.2 Å². The van der Waals surface area contributed by atoms with E-state index in [1.165, 1.54) is 0 Å². The van der Waals surface area contributed by atoms with Crippen LogP contribution in [0.25, 0.3) is 22.5 Å². The number of nitrogens with one attached hydrogen (secondary N) is 1. The lowest BCUT2D eigenvalue weighted by Crippen LogP contribution is -2.36. The maximum absolute atomic E-state index is 12.5. The van der Waals surface area contributed by atoms with Crippen LogP contribution in [0, 0.1) is 0 Å². The Kier molecular flexibility index (Phi) is 4.80. The average Bonchev–Trinajstić information content (AvgIpc) is 3.35. The number of nitrogens with zero attached hydrogens (tertiary/aromatic N) is 2. The Morgan fingerprint density at radius 3 is 2.52 bits per heavy atom. The molecule has 8 nitrogen and oxygen atoms in total. The maximum Gasteiger partial charge on any atom is 0.260 e. The number of aromatic nitrogens is 1. The number of hydrogen-bond donors (Lipinski definition) is 3. The van der Waals surface area contributed by atoms with Crippen LogP contribution in [0.5, 0.6) is 5.88 Å². The highest BCUT2D eigenvalue weighted by atomic mass is 35.5. The summed E-state index contributed by atoms with van der Waals surface area (Å²) in [7, 11) is 0. The van der Waals surface area contributed by atoms with Gasteiger partial charge in [-0.3, -0.25) is 4.79 Å². The van der Waals surface area contributed by atoms with E-state index >= 15 is 0 Å². The van der Waals surface area contributed by atoms with Gasteiger partial charge in [0, 0.05) is 29.9 Å². The number of aliphatic hydroxyl groups excluding tert-OH is 1. The third-order valence-corrected chi connectivity index (χ3v) is 5.69. The van der Waals surface area contributed by atoms with Gasteiger partial charge in [0.15, 0.2) is 5.76 Å². The minimum atomic E-state index is -0.501. The van der Waals surface area contributed by atoms with Crippen molar-refractivity contribution in [2.45, 2.75) is 0 Å². The van der Waals surface area contributed by atoms with Gasteiger partial charge in [0.25, 0.3) is 11.8 Å². The quantitative estimate of drug-likeness (QED) is 0.419. The average molecular weight is 440 g/mol. The lowest BCUT2D eigenvalue weighted by molar-refractivity contribution is -0.110. The number of amides is 1. The molecule has 0 aliphatic carbocycles. The van der Waals surface area contributed by atoms with Gasteiger partial charge in [0.1, 0.15) is 0 Å². The molecular formula is C22H18ClN3O5. The molecule has 0 spiro atoms. The molecule has 0 atom stereocenters. The number of ether oxygens (including phenoxy) is 1. The first-order valence-corrected chi connectivity index (χ1v) is 10.1. The molecule has 1 aromatic heterocycles. The number of rotatable bonds is 3. The molecule has 3 N–H and O–H groups in total. The SMILES string of the molecule is O=C1Nc2cc(Cl)c(-c3ccc(N4CCOCC4)cc3)cc2/C1=C(\O)c1cc(O)no1. The molecule has 1 saturated heterocycles. The first kappa shape index (κ1) is 19.5. The third-order valence-electron chi connectivity index (χ3n) is 5.37. The zero-order valence-corrected chi connectivity index (χ0v) is 17.0. The molecule has 158 valence electrons. The van der Waals surface area contributed by atoms with Gasteiger partial charge in [-0.1, -0.05) is 23.7 Å². The second-order valence-corrected chi connectivity index (χ2v) is 7.66. The molecule has 0 bridgehead atoms. The van der Waals surface area contributed by atoms with E-state index in [1.807, 2.05) is 24.3 Å². The summed E-state index contributed by atoms with van der Waals surface area (Å²) in [5.74, 6) is -1.42. The number of hydrogen-bond acceptors (Lipinski definition) is 7. The first-order valence-electron chi connectivity index (χ1n) is 9.69. The van der Waals surface area contributed by atoms with Gasteiger partial charge in [-0.15, -0.1) is 0 Å². The highest BCUT2D eigenvalue weighted by Gasteiger charge is 2.31. The lowest BCUT2D eigenvalue weighted by Gasteiger charge is -2.29.